The van der Waals surface area contributed by atoms with Crippen molar-refractivity contribution < 1.29 is 9.53 Å². The smallest absolute Gasteiger partial charge is 0.305 e. The van der Waals surface area contributed by atoms with Gasteiger partial charge in [0, 0.05) is 19.2 Å². The van der Waals surface area contributed by atoms with Crippen LogP contribution in [-0.2, 0) is 16.6 Å². The summed E-state index contributed by atoms with van der Waals surface area (Å²) < 4.78 is 6.49. The highest BCUT2D eigenvalue weighted by Gasteiger charge is 2.10. The van der Waals surface area contributed by atoms with Crippen LogP contribution in [0, 0.1) is 0 Å². The monoisotopic (exact) mass is 356 g/mol. The van der Waals surface area contributed by atoms with Crippen LogP contribution in [0.2, 0.25) is 0 Å². The van der Waals surface area contributed by atoms with Gasteiger partial charge in [-0.25, -0.2) is 4.98 Å². The molecule has 1 heterocycles. The van der Waals surface area contributed by atoms with E-state index in [1.807, 2.05) is 36.4 Å². The van der Waals surface area contributed by atoms with E-state index in [0.717, 1.165) is 10.8 Å². The second-order valence-corrected chi connectivity index (χ2v) is 6.79. The molecule has 130 valence electrons. The second-order valence-electron chi connectivity index (χ2n) is 5.73. The number of hydrogen-bond acceptors (Lipinski definition) is 5. The van der Waals surface area contributed by atoms with Gasteiger partial charge in [0.1, 0.15) is 0 Å². The molecular weight excluding hydrogens is 336 g/mol. The van der Waals surface area contributed by atoms with Crippen molar-refractivity contribution >= 4 is 39.4 Å². The van der Waals surface area contributed by atoms with Crippen molar-refractivity contribution in [3.8, 4) is 0 Å². The molecule has 3 rings (SSSR count). The number of thioether (sulfide) groups is 1. The van der Waals surface area contributed by atoms with E-state index >= 15 is 0 Å². The van der Waals surface area contributed by atoms with E-state index in [2.05, 4.69) is 4.98 Å². The van der Waals surface area contributed by atoms with Gasteiger partial charge < -0.3 is 4.74 Å². The molecule has 25 heavy (non-hydrogen) atoms. The molecule has 6 heteroatoms. The van der Waals surface area contributed by atoms with Gasteiger partial charge in [-0.3, -0.25) is 14.2 Å². The molecule has 0 radical (unpaired) electrons. The normalized spacial score (nSPS) is 11.1. The molecule has 0 atom stereocenters. The summed E-state index contributed by atoms with van der Waals surface area (Å²) in [6.45, 7) is 2.20. The molecular formula is C19H20N2O3S. The van der Waals surface area contributed by atoms with Crippen LogP contribution in [0.4, 0.5) is 0 Å². The van der Waals surface area contributed by atoms with Crippen LogP contribution in [0.15, 0.2) is 46.3 Å². The van der Waals surface area contributed by atoms with Crippen LogP contribution in [-0.4, -0.2) is 27.9 Å². The summed E-state index contributed by atoms with van der Waals surface area (Å²) in [7, 11) is 1.73. The Morgan fingerprint density at radius 3 is 2.68 bits per heavy atom. The molecule has 0 N–H and O–H groups in total. The van der Waals surface area contributed by atoms with Gasteiger partial charge in [-0.15, -0.1) is 0 Å². The number of carbonyl (C=O) groups excluding carboxylic acids is 1. The molecule has 0 saturated heterocycles. The Morgan fingerprint density at radius 2 is 1.96 bits per heavy atom. The maximum Gasteiger partial charge on any atom is 0.305 e. The van der Waals surface area contributed by atoms with Crippen molar-refractivity contribution in [2.45, 2.75) is 24.9 Å². The molecule has 3 aromatic rings. The first-order valence-corrected chi connectivity index (χ1v) is 9.26. The minimum atomic E-state index is -0.185. The Bertz CT molecular complexity index is 981. The first-order chi connectivity index (χ1) is 12.1. The van der Waals surface area contributed by atoms with Crippen molar-refractivity contribution in [3.05, 3.63) is 46.8 Å². The molecule has 0 amide bonds. The molecule has 0 bridgehead atoms. The maximum absolute atomic E-state index is 12.7. The van der Waals surface area contributed by atoms with Crippen molar-refractivity contribution in [1.29, 1.82) is 0 Å². The van der Waals surface area contributed by atoms with E-state index in [1.54, 1.807) is 18.5 Å². The highest BCUT2D eigenvalue weighted by atomic mass is 32.2. The largest absolute Gasteiger partial charge is 0.466 e. The van der Waals surface area contributed by atoms with Crippen LogP contribution < -0.4 is 5.56 Å². The molecule has 0 spiro atoms. The first kappa shape index (κ1) is 17.5. The van der Waals surface area contributed by atoms with Crippen LogP contribution in [0.25, 0.3) is 21.7 Å². The van der Waals surface area contributed by atoms with Crippen molar-refractivity contribution in [3.63, 3.8) is 0 Å². The predicted molar refractivity (Wildman–Crippen MR) is 101 cm³/mol. The van der Waals surface area contributed by atoms with Gasteiger partial charge in [0.15, 0.2) is 5.16 Å². The lowest BCUT2D eigenvalue weighted by atomic mass is 10.1. The third kappa shape index (κ3) is 3.85. The van der Waals surface area contributed by atoms with Gasteiger partial charge in [-0.05, 0) is 36.2 Å². The third-order valence-corrected chi connectivity index (χ3v) is 5.08. The summed E-state index contributed by atoms with van der Waals surface area (Å²) in [6, 6.07) is 11.8. The Morgan fingerprint density at radius 1 is 1.24 bits per heavy atom. The maximum atomic E-state index is 12.7. The fourth-order valence-corrected chi connectivity index (χ4v) is 3.59. The number of esters is 1. The van der Waals surface area contributed by atoms with Crippen molar-refractivity contribution in [1.82, 2.24) is 9.55 Å². The molecule has 0 saturated carbocycles. The average molecular weight is 356 g/mol. The quantitative estimate of drug-likeness (QED) is 0.222. The third-order valence-electron chi connectivity index (χ3n) is 3.96. The van der Waals surface area contributed by atoms with Crippen LogP contribution >= 0.6 is 11.8 Å². The minimum Gasteiger partial charge on any atom is -0.466 e. The van der Waals surface area contributed by atoms with Crippen molar-refractivity contribution in [2.75, 3.05) is 12.4 Å². The van der Waals surface area contributed by atoms with Crippen LogP contribution in [0.3, 0.4) is 0 Å². The second kappa shape index (κ2) is 7.70. The zero-order valence-electron chi connectivity index (χ0n) is 14.3. The van der Waals surface area contributed by atoms with E-state index in [1.165, 1.54) is 11.8 Å². The SMILES string of the molecule is CCOC(=O)CCCSc1nc2cc3ccccc3cc2c(=O)n1C. The Hall–Kier alpha value is -2.34. The summed E-state index contributed by atoms with van der Waals surface area (Å²) in [5.74, 6) is 0.521. The van der Waals surface area contributed by atoms with Crippen molar-refractivity contribution in [2.24, 2.45) is 7.05 Å². The van der Waals surface area contributed by atoms with Gasteiger partial charge in [0.25, 0.3) is 5.56 Å². The highest BCUT2D eigenvalue weighted by Crippen LogP contribution is 2.22. The Balaban J connectivity index is 1.84. The number of ether oxygens (including phenoxy) is 1. The molecule has 0 aliphatic heterocycles. The number of benzene rings is 2. The summed E-state index contributed by atoms with van der Waals surface area (Å²) in [5, 5.41) is 3.38. The first-order valence-electron chi connectivity index (χ1n) is 8.28. The summed E-state index contributed by atoms with van der Waals surface area (Å²) in [5.41, 5.74) is 0.651. The summed E-state index contributed by atoms with van der Waals surface area (Å²) >= 11 is 1.49. The van der Waals surface area contributed by atoms with Gasteiger partial charge in [-0.2, -0.15) is 0 Å². The summed E-state index contributed by atoms with van der Waals surface area (Å²) in [4.78, 5) is 28.7. The fourth-order valence-electron chi connectivity index (χ4n) is 2.68. The van der Waals surface area contributed by atoms with Crippen LogP contribution in [0.5, 0.6) is 0 Å². The van der Waals surface area contributed by atoms with E-state index in [-0.39, 0.29) is 11.5 Å². The van der Waals surface area contributed by atoms with E-state index < -0.39 is 0 Å². The number of rotatable bonds is 6. The molecule has 0 fully saturated rings. The Labute approximate surface area is 150 Å². The fraction of sp³-hybridized carbons (Fsp3) is 0.316. The lowest BCUT2D eigenvalue weighted by Crippen LogP contribution is -2.20. The Kier molecular flexibility index (Phi) is 5.38. The molecule has 5 nitrogen and oxygen atoms in total. The number of aromatic nitrogens is 2. The lowest BCUT2D eigenvalue weighted by Gasteiger charge is -2.09. The minimum absolute atomic E-state index is 0.0522. The lowest BCUT2D eigenvalue weighted by molar-refractivity contribution is -0.143. The summed E-state index contributed by atoms with van der Waals surface area (Å²) in [6.07, 6.45) is 1.07. The molecule has 0 aliphatic carbocycles. The average Bonchev–Trinajstić information content (AvgIpc) is 2.61. The van der Waals surface area contributed by atoms with E-state index in [4.69, 9.17) is 4.74 Å². The number of carbonyl (C=O) groups is 1. The number of fused-ring (bicyclic) bond motifs is 2. The van der Waals surface area contributed by atoms with Gasteiger partial charge >= 0.3 is 5.97 Å². The van der Waals surface area contributed by atoms with E-state index in [0.29, 0.717) is 41.3 Å². The predicted octanol–water partition coefficient (Wildman–Crippen LogP) is 3.52. The molecule has 1 aromatic heterocycles. The standard InChI is InChI=1S/C19H20N2O3S/c1-3-24-17(22)9-6-10-25-19-20-16-12-14-8-5-4-7-13(14)11-15(16)18(23)21(19)2/h4-5,7-8,11-12H,3,6,9-10H2,1-2H3. The zero-order valence-corrected chi connectivity index (χ0v) is 15.1. The molecule has 0 aliphatic rings. The van der Waals surface area contributed by atoms with Gasteiger partial charge in [0.2, 0.25) is 0 Å². The number of hydrogen-bond donors (Lipinski definition) is 0. The van der Waals surface area contributed by atoms with Gasteiger partial charge in [-0.1, -0.05) is 36.0 Å². The van der Waals surface area contributed by atoms with E-state index in [9.17, 15) is 9.59 Å². The van der Waals surface area contributed by atoms with Gasteiger partial charge in [0.05, 0.1) is 17.5 Å². The highest BCUT2D eigenvalue weighted by molar-refractivity contribution is 7.99. The topological polar surface area (TPSA) is 61.2 Å². The number of nitrogens with zero attached hydrogens (tertiary/aromatic N) is 2. The molecule has 0 unspecified atom stereocenters. The molecule has 2 aromatic carbocycles. The van der Waals surface area contributed by atoms with Crippen LogP contribution in [0.1, 0.15) is 19.8 Å². The zero-order chi connectivity index (χ0) is 17.8.